The number of rotatable bonds is 3. The van der Waals surface area contributed by atoms with E-state index in [9.17, 15) is 0 Å². The van der Waals surface area contributed by atoms with E-state index in [0.717, 1.165) is 24.3 Å². The van der Waals surface area contributed by atoms with Crippen molar-refractivity contribution in [2.24, 2.45) is 5.41 Å². The van der Waals surface area contributed by atoms with Crippen molar-refractivity contribution >= 4 is 22.8 Å². The molecule has 1 saturated carbocycles. The van der Waals surface area contributed by atoms with Crippen molar-refractivity contribution in [3.8, 4) is 5.88 Å². The third-order valence-corrected chi connectivity index (χ3v) is 4.61. The van der Waals surface area contributed by atoms with Crippen LogP contribution < -0.4 is 4.74 Å². The van der Waals surface area contributed by atoms with Crippen molar-refractivity contribution in [3.05, 3.63) is 12.2 Å². The number of aromatic nitrogens is 4. The summed E-state index contributed by atoms with van der Waals surface area (Å²) in [4.78, 5) is 13.2. The molecule has 1 fully saturated rings. The molecule has 114 valence electrons. The summed E-state index contributed by atoms with van der Waals surface area (Å²) in [5.74, 6) is 1.74. The lowest BCUT2D eigenvalue weighted by molar-refractivity contribution is 0.184. The van der Waals surface area contributed by atoms with E-state index in [1.165, 1.54) is 19.2 Å². The molecule has 1 aliphatic carbocycles. The van der Waals surface area contributed by atoms with Crippen molar-refractivity contribution in [1.82, 2.24) is 19.5 Å². The molecule has 0 aliphatic heterocycles. The van der Waals surface area contributed by atoms with E-state index < -0.39 is 0 Å². The molecule has 1 unspecified atom stereocenters. The second-order valence-electron chi connectivity index (χ2n) is 6.50. The summed E-state index contributed by atoms with van der Waals surface area (Å²) in [7, 11) is 1.60. The summed E-state index contributed by atoms with van der Waals surface area (Å²) in [5, 5.41) is 0. The van der Waals surface area contributed by atoms with Crippen LogP contribution in [0.4, 0.5) is 0 Å². The first-order valence-electron chi connectivity index (χ1n) is 7.37. The largest absolute Gasteiger partial charge is 0.479 e. The van der Waals surface area contributed by atoms with Gasteiger partial charge in [0.25, 0.3) is 0 Å². The molecule has 2 aromatic heterocycles. The number of ether oxygens (including phenoxy) is 1. The van der Waals surface area contributed by atoms with Crippen molar-refractivity contribution in [2.45, 2.75) is 51.5 Å². The molecule has 3 rings (SSSR count). The highest BCUT2D eigenvalue weighted by Gasteiger charge is 2.31. The van der Waals surface area contributed by atoms with Gasteiger partial charge >= 0.3 is 0 Å². The Kier molecular flexibility index (Phi) is 3.78. The van der Waals surface area contributed by atoms with Crippen LogP contribution in [0.2, 0.25) is 0 Å². The number of hydrogen-bond donors (Lipinski definition) is 0. The van der Waals surface area contributed by atoms with E-state index in [4.69, 9.17) is 16.3 Å². The fraction of sp³-hybridized carbons (Fsp3) is 0.667. The molecule has 21 heavy (non-hydrogen) atoms. The number of fused-ring (bicyclic) bond motifs is 1. The molecule has 2 heterocycles. The SMILES string of the molecule is COc1ncnc2c1nc(CCl)n2C1CCCC(C)(C)C1. The molecule has 0 amide bonds. The molecule has 0 spiro atoms. The molecule has 0 bridgehead atoms. The first kappa shape index (κ1) is 14.6. The van der Waals surface area contributed by atoms with E-state index in [0.29, 0.717) is 28.7 Å². The Balaban J connectivity index is 2.12. The van der Waals surface area contributed by atoms with Crippen LogP contribution in [0.3, 0.4) is 0 Å². The van der Waals surface area contributed by atoms with Crippen molar-refractivity contribution < 1.29 is 4.74 Å². The number of nitrogens with zero attached hydrogens (tertiary/aromatic N) is 4. The maximum Gasteiger partial charge on any atom is 0.245 e. The van der Waals surface area contributed by atoms with Gasteiger partial charge in [-0.05, 0) is 24.7 Å². The minimum absolute atomic E-state index is 0.347. The van der Waals surface area contributed by atoms with Gasteiger partial charge in [-0.3, -0.25) is 0 Å². The minimum Gasteiger partial charge on any atom is -0.479 e. The van der Waals surface area contributed by atoms with Crippen molar-refractivity contribution in [3.63, 3.8) is 0 Å². The van der Waals surface area contributed by atoms with Gasteiger partial charge in [0, 0.05) is 6.04 Å². The average Bonchev–Trinajstić information content (AvgIpc) is 2.84. The standard InChI is InChI=1S/C15H21ClN4O/c1-15(2)6-4-5-10(7-15)20-11(8-16)19-12-13(20)17-9-18-14(12)21-3/h9-10H,4-8H2,1-3H3. The number of imidazole rings is 1. The smallest absolute Gasteiger partial charge is 0.245 e. The van der Waals surface area contributed by atoms with E-state index in [1.807, 2.05) is 0 Å². The second-order valence-corrected chi connectivity index (χ2v) is 6.77. The Bertz CT molecular complexity index is 652. The minimum atomic E-state index is 0.347. The molecular weight excluding hydrogens is 288 g/mol. The highest BCUT2D eigenvalue weighted by molar-refractivity contribution is 6.16. The van der Waals surface area contributed by atoms with Gasteiger partial charge < -0.3 is 9.30 Å². The summed E-state index contributed by atoms with van der Waals surface area (Å²) in [5.41, 5.74) is 1.89. The van der Waals surface area contributed by atoms with E-state index >= 15 is 0 Å². The number of alkyl halides is 1. The van der Waals surface area contributed by atoms with Crippen LogP contribution in [0.25, 0.3) is 11.2 Å². The van der Waals surface area contributed by atoms with Gasteiger partial charge in [-0.25, -0.2) is 9.97 Å². The third-order valence-electron chi connectivity index (χ3n) is 4.37. The number of methoxy groups -OCH3 is 1. The predicted octanol–water partition coefficient (Wildman–Crippen LogP) is 3.72. The maximum atomic E-state index is 6.12. The van der Waals surface area contributed by atoms with E-state index in [1.54, 1.807) is 7.11 Å². The molecule has 1 atom stereocenters. The molecule has 6 heteroatoms. The molecule has 1 aliphatic rings. The summed E-state index contributed by atoms with van der Waals surface area (Å²) in [6.45, 7) is 4.66. The highest BCUT2D eigenvalue weighted by atomic mass is 35.5. The Morgan fingerprint density at radius 1 is 1.43 bits per heavy atom. The van der Waals surface area contributed by atoms with Gasteiger partial charge in [0.2, 0.25) is 5.88 Å². The molecule has 0 radical (unpaired) electrons. The summed E-state index contributed by atoms with van der Waals surface area (Å²) < 4.78 is 7.50. The number of halogens is 1. The van der Waals surface area contributed by atoms with Crippen molar-refractivity contribution in [2.75, 3.05) is 7.11 Å². The molecule has 2 aromatic rings. The van der Waals surface area contributed by atoms with Crippen LogP contribution >= 0.6 is 11.6 Å². The Labute approximate surface area is 129 Å². The van der Waals surface area contributed by atoms with E-state index in [-0.39, 0.29) is 0 Å². The monoisotopic (exact) mass is 308 g/mol. The van der Waals surface area contributed by atoms with Crippen LogP contribution in [0, 0.1) is 5.41 Å². The predicted molar refractivity (Wildman–Crippen MR) is 82.7 cm³/mol. The zero-order chi connectivity index (χ0) is 15.0. The van der Waals surface area contributed by atoms with E-state index in [2.05, 4.69) is 33.4 Å². The lowest BCUT2D eigenvalue weighted by Crippen LogP contribution is -2.26. The normalized spacial score (nSPS) is 21.6. The zero-order valence-electron chi connectivity index (χ0n) is 12.8. The molecule has 0 saturated heterocycles. The Morgan fingerprint density at radius 2 is 2.24 bits per heavy atom. The van der Waals surface area contributed by atoms with Gasteiger partial charge in [-0.15, -0.1) is 11.6 Å². The van der Waals surface area contributed by atoms with Crippen LogP contribution in [0.5, 0.6) is 5.88 Å². The molecule has 0 aromatic carbocycles. The van der Waals surface area contributed by atoms with Crippen LogP contribution in [0.15, 0.2) is 6.33 Å². The third kappa shape index (κ3) is 2.59. The molecular formula is C15H21ClN4O. The topological polar surface area (TPSA) is 52.8 Å². The fourth-order valence-electron chi connectivity index (χ4n) is 3.44. The van der Waals surface area contributed by atoms with Crippen LogP contribution in [0.1, 0.15) is 51.4 Å². The Hall–Kier alpha value is -1.36. The van der Waals surface area contributed by atoms with Crippen LogP contribution in [-0.2, 0) is 5.88 Å². The Morgan fingerprint density at radius 3 is 2.90 bits per heavy atom. The zero-order valence-corrected chi connectivity index (χ0v) is 13.5. The fourth-order valence-corrected chi connectivity index (χ4v) is 3.63. The van der Waals surface area contributed by atoms with Crippen molar-refractivity contribution in [1.29, 1.82) is 0 Å². The van der Waals surface area contributed by atoms with Crippen LogP contribution in [-0.4, -0.2) is 26.6 Å². The molecule has 0 N–H and O–H groups in total. The maximum absolute atomic E-state index is 6.12. The summed E-state index contributed by atoms with van der Waals surface area (Å²) >= 11 is 6.12. The average molecular weight is 309 g/mol. The molecule has 5 nitrogen and oxygen atoms in total. The first-order chi connectivity index (χ1) is 10.1. The van der Waals surface area contributed by atoms with Gasteiger partial charge in [0.05, 0.1) is 13.0 Å². The second kappa shape index (κ2) is 5.44. The quantitative estimate of drug-likeness (QED) is 0.811. The van der Waals surface area contributed by atoms with Gasteiger partial charge in [-0.2, -0.15) is 4.98 Å². The number of hydrogen-bond acceptors (Lipinski definition) is 4. The first-order valence-corrected chi connectivity index (χ1v) is 7.91. The van der Waals surface area contributed by atoms with Gasteiger partial charge in [0.1, 0.15) is 12.2 Å². The van der Waals surface area contributed by atoms with Gasteiger partial charge in [-0.1, -0.05) is 20.3 Å². The van der Waals surface area contributed by atoms with Gasteiger partial charge in [0.15, 0.2) is 11.2 Å². The highest BCUT2D eigenvalue weighted by Crippen LogP contribution is 2.42. The lowest BCUT2D eigenvalue weighted by atomic mass is 9.75. The summed E-state index contributed by atoms with van der Waals surface area (Å²) in [6.07, 6.45) is 6.29. The lowest BCUT2D eigenvalue weighted by Gasteiger charge is -2.36. The summed E-state index contributed by atoms with van der Waals surface area (Å²) in [6, 6.07) is 0.395.